The van der Waals surface area contributed by atoms with Crippen LogP contribution in [0, 0.1) is 29.6 Å². The molecule has 1 nitrogen and oxygen atoms in total. The van der Waals surface area contributed by atoms with Crippen LogP contribution in [-0.2, 0) is 0 Å². The third-order valence-electron chi connectivity index (χ3n) is 5.59. The van der Waals surface area contributed by atoms with E-state index < -0.39 is 0 Å². The molecule has 0 heterocycles. The zero-order valence-corrected chi connectivity index (χ0v) is 10.7. The Balaban J connectivity index is 1.64. The van der Waals surface area contributed by atoms with Crippen LogP contribution in [0.3, 0.4) is 0 Å². The Kier molecular flexibility index (Phi) is 2.36. The SMILES string of the molecule is O=C(c1ccccc1)C1C2CC3CC(C2)CC1C3. The summed E-state index contributed by atoms with van der Waals surface area (Å²) in [4.78, 5) is 12.7. The fourth-order valence-electron chi connectivity index (χ4n) is 5.15. The topological polar surface area (TPSA) is 17.1 Å². The first-order chi connectivity index (χ1) is 8.81. The van der Waals surface area contributed by atoms with Gasteiger partial charge in [-0.2, -0.15) is 0 Å². The summed E-state index contributed by atoms with van der Waals surface area (Å²) in [5.74, 6) is 4.09. The monoisotopic (exact) mass is 240 g/mol. The average molecular weight is 240 g/mol. The average Bonchev–Trinajstić information content (AvgIpc) is 2.38. The summed E-state index contributed by atoms with van der Waals surface area (Å²) in [5, 5.41) is 0. The van der Waals surface area contributed by atoms with E-state index in [1.807, 2.05) is 30.3 Å². The predicted octanol–water partition coefficient (Wildman–Crippen LogP) is 3.94. The van der Waals surface area contributed by atoms with Crippen molar-refractivity contribution < 1.29 is 4.79 Å². The van der Waals surface area contributed by atoms with E-state index >= 15 is 0 Å². The smallest absolute Gasteiger partial charge is 0.166 e. The third-order valence-corrected chi connectivity index (χ3v) is 5.59. The second-order valence-corrected chi connectivity index (χ2v) is 6.69. The maximum atomic E-state index is 12.7. The first kappa shape index (κ1) is 10.8. The molecular formula is C17H20O. The lowest BCUT2D eigenvalue weighted by molar-refractivity contribution is -0.0251. The molecular weight excluding hydrogens is 220 g/mol. The minimum Gasteiger partial charge on any atom is -0.294 e. The Bertz CT molecular complexity index is 434. The fraction of sp³-hybridized carbons (Fsp3) is 0.588. The Morgan fingerprint density at radius 2 is 1.39 bits per heavy atom. The van der Waals surface area contributed by atoms with Gasteiger partial charge in [0.05, 0.1) is 0 Å². The van der Waals surface area contributed by atoms with Crippen molar-refractivity contribution in [2.45, 2.75) is 32.1 Å². The molecule has 0 spiro atoms. The lowest BCUT2D eigenvalue weighted by Gasteiger charge is -2.53. The maximum Gasteiger partial charge on any atom is 0.166 e. The van der Waals surface area contributed by atoms with Crippen LogP contribution in [0.5, 0.6) is 0 Å². The Morgan fingerprint density at radius 3 is 1.94 bits per heavy atom. The minimum absolute atomic E-state index is 0.347. The molecule has 18 heavy (non-hydrogen) atoms. The van der Waals surface area contributed by atoms with Gasteiger partial charge in [0.1, 0.15) is 0 Å². The van der Waals surface area contributed by atoms with Crippen LogP contribution in [0.4, 0.5) is 0 Å². The molecule has 4 bridgehead atoms. The van der Waals surface area contributed by atoms with Crippen LogP contribution in [0.15, 0.2) is 30.3 Å². The molecule has 0 aromatic heterocycles. The molecule has 0 radical (unpaired) electrons. The molecule has 5 rings (SSSR count). The number of ketones is 1. The van der Waals surface area contributed by atoms with Crippen molar-refractivity contribution in [2.75, 3.05) is 0 Å². The highest BCUT2D eigenvalue weighted by Gasteiger charge is 2.50. The lowest BCUT2D eigenvalue weighted by Crippen LogP contribution is -2.48. The van der Waals surface area contributed by atoms with Crippen molar-refractivity contribution in [3.63, 3.8) is 0 Å². The molecule has 0 amide bonds. The summed E-state index contributed by atoms with van der Waals surface area (Å²) in [5.41, 5.74) is 0.940. The second kappa shape index (κ2) is 3.94. The highest BCUT2D eigenvalue weighted by Crippen LogP contribution is 2.57. The molecule has 4 aliphatic rings. The fourth-order valence-corrected chi connectivity index (χ4v) is 5.15. The molecule has 4 fully saturated rings. The van der Waals surface area contributed by atoms with Crippen molar-refractivity contribution in [2.24, 2.45) is 29.6 Å². The zero-order valence-electron chi connectivity index (χ0n) is 10.7. The van der Waals surface area contributed by atoms with Gasteiger partial charge in [-0.05, 0) is 55.8 Å². The van der Waals surface area contributed by atoms with Crippen LogP contribution >= 0.6 is 0 Å². The number of rotatable bonds is 2. The normalized spacial score (nSPS) is 41.0. The number of hydrogen-bond acceptors (Lipinski definition) is 1. The first-order valence-electron chi connectivity index (χ1n) is 7.40. The van der Waals surface area contributed by atoms with Gasteiger partial charge < -0.3 is 0 Å². The molecule has 1 heteroatoms. The van der Waals surface area contributed by atoms with Crippen molar-refractivity contribution in [3.8, 4) is 0 Å². The number of carbonyl (C=O) groups excluding carboxylic acids is 1. The highest BCUT2D eigenvalue weighted by atomic mass is 16.1. The van der Waals surface area contributed by atoms with Crippen LogP contribution in [0.1, 0.15) is 42.5 Å². The highest BCUT2D eigenvalue weighted by molar-refractivity contribution is 5.98. The van der Waals surface area contributed by atoms with E-state index in [0.29, 0.717) is 23.5 Å². The van der Waals surface area contributed by atoms with Crippen LogP contribution in [0.2, 0.25) is 0 Å². The standard InChI is InChI=1S/C17H20O/c18-17(13-4-2-1-3-5-13)16-14-7-11-6-12(9-14)10-15(16)8-11/h1-5,11-12,14-16H,6-10H2. The van der Waals surface area contributed by atoms with Gasteiger partial charge >= 0.3 is 0 Å². The summed E-state index contributed by atoms with van der Waals surface area (Å²) in [6.07, 6.45) is 6.78. The molecule has 94 valence electrons. The summed E-state index contributed by atoms with van der Waals surface area (Å²) >= 11 is 0. The van der Waals surface area contributed by atoms with Crippen molar-refractivity contribution >= 4 is 5.78 Å². The van der Waals surface area contributed by atoms with E-state index in [1.54, 1.807) is 0 Å². The van der Waals surface area contributed by atoms with Gasteiger partial charge in [-0.3, -0.25) is 4.79 Å². The lowest BCUT2D eigenvalue weighted by atomic mass is 9.51. The Hall–Kier alpha value is -1.11. The summed E-state index contributed by atoms with van der Waals surface area (Å²) in [7, 11) is 0. The molecule has 0 aliphatic heterocycles. The number of Topliss-reactive ketones (excluding diaryl/α,β-unsaturated/α-hetero) is 1. The minimum atomic E-state index is 0.347. The molecule has 4 saturated carbocycles. The van der Waals surface area contributed by atoms with E-state index in [1.165, 1.54) is 32.1 Å². The third kappa shape index (κ3) is 1.56. The van der Waals surface area contributed by atoms with Crippen molar-refractivity contribution in [3.05, 3.63) is 35.9 Å². The van der Waals surface area contributed by atoms with Gasteiger partial charge in [0, 0.05) is 11.5 Å². The molecule has 0 unspecified atom stereocenters. The number of hydrogen-bond donors (Lipinski definition) is 0. The molecule has 4 aliphatic carbocycles. The predicted molar refractivity (Wildman–Crippen MR) is 71.3 cm³/mol. The van der Waals surface area contributed by atoms with Gasteiger partial charge in [-0.1, -0.05) is 30.3 Å². The molecule has 1 aromatic rings. The van der Waals surface area contributed by atoms with Gasteiger partial charge in [-0.25, -0.2) is 0 Å². The van der Waals surface area contributed by atoms with Gasteiger partial charge in [0.15, 0.2) is 5.78 Å². The van der Waals surface area contributed by atoms with Gasteiger partial charge in [0.25, 0.3) is 0 Å². The zero-order chi connectivity index (χ0) is 12.1. The maximum absolute atomic E-state index is 12.7. The second-order valence-electron chi connectivity index (χ2n) is 6.69. The Morgan fingerprint density at radius 1 is 0.833 bits per heavy atom. The summed E-state index contributed by atoms with van der Waals surface area (Å²) in [6.45, 7) is 0. The molecule has 0 atom stereocenters. The first-order valence-corrected chi connectivity index (χ1v) is 7.40. The Labute approximate surface area is 109 Å². The number of benzene rings is 1. The summed E-state index contributed by atoms with van der Waals surface area (Å²) in [6, 6.07) is 9.96. The van der Waals surface area contributed by atoms with E-state index in [2.05, 4.69) is 0 Å². The largest absolute Gasteiger partial charge is 0.294 e. The van der Waals surface area contributed by atoms with Crippen LogP contribution in [0.25, 0.3) is 0 Å². The molecule has 0 N–H and O–H groups in total. The van der Waals surface area contributed by atoms with Crippen molar-refractivity contribution in [1.82, 2.24) is 0 Å². The number of carbonyl (C=O) groups is 1. The van der Waals surface area contributed by atoms with Crippen LogP contribution < -0.4 is 0 Å². The van der Waals surface area contributed by atoms with E-state index in [9.17, 15) is 4.79 Å². The van der Waals surface area contributed by atoms with E-state index in [-0.39, 0.29) is 0 Å². The molecule has 0 saturated heterocycles. The van der Waals surface area contributed by atoms with Gasteiger partial charge in [0.2, 0.25) is 0 Å². The van der Waals surface area contributed by atoms with Crippen LogP contribution in [-0.4, -0.2) is 5.78 Å². The molecule has 1 aromatic carbocycles. The quantitative estimate of drug-likeness (QED) is 0.716. The summed E-state index contributed by atoms with van der Waals surface area (Å²) < 4.78 is 0. The van der Waals surface area contributed by atoms with E-state index in [4.69, 9.17) is 0 Å². The van der Waals surface area contributed by atoms with Crippen molar-refractivity contribution in [1.29, 1.82) is 0 Å². The van der Waals surface area contributed by atoms with E-state index in [0.717, 1.165) is 17.4 Å². The van der Waals surface area contributed by atoms with Gasteiger partial charge in [-0.15, -0.1) is 0 Å².